The SMILES string of the molecule is COc1cc2c(cc1OC(O)(O)O)C1N(CC2)C(O)(O)C(O)(CC(C)C)C(=O)C1(O)O. The van der Waals surface area contributed by atoms with E-state index in [2.05, 4.69) is 4.74 Å². The van der Waals surface area contributed by atoms with Gasteiger partial charge >= 0.3 is 6.16 Å². The number of Topliss-reactive ketones (excluding diaryl/α,β-unsaturated/α-hetero) is 1. The first-order chi connectivity index (χ1) is 14.1. The normalized spacial score (nSPS) is 27.6. The highest BCUT2D eigenvalue weighted by Crippen LogP contribution is 2.51. The van der Waals surface area contributed by atoms with E-state index in [-0.39, 0.29) is 24.3 Å². The van der Waals surface area contributed by atoms with Gasteiger partial charge in [-0.2, -0.15) is 0 Å². The summed E-state index contributed by atoms with van der Waals surface area (Å²) in [6, 6.07) is 0.615. The van der Waals surface area contributed by atoms with E-state index < -0.39 is 53.4 Å². The van der Waals surface area contributed by atoms with Gasteiger partial charge in [-0.05, 0) is 42.0 Å². The lowest BCUT2D eigenvalue weighted by Crippen LogP contribution is -2.80. The molecule has 1 aromatic rings. The fraction of sp³-hybridized carbons (Fsp3) is 0.632. The number of ketones is 1. The number of hydrogen-bond donors (Lipinski definition) is 8. The molecule has 3 rings (SSSR count). The molecule has 2 heterocycles. The second-order valence-electron chi connectivity index (χ2n) is 8.37. The van der Waals surface area contributed by atoms with Crippen molar-refractivity contribution in [2.75, 3.05) is 13.7 Å². The first-order valence-corrected chi connectivity index (χ1v) is 9.56. The molecule has 1 saturated heterocycles. The van der Waals surface area contributed by atoms with Gasteiger partial charge in [0.15, 0.2) is 17.1 Å². The Labute approximate surface area is 177 Å². The zero-order chi connectivity index (χ0) is 23.6. The van der Waals surface area contributed by atoms with E-state index in [1.54, 1.807) is 13.8 Å². The topological polar surface area (TPSA) is 201 Å². The lowest BCUT2D eigenvalue weighted by Gasteiger charge is -2.57. The Bertz CT molecular complexity index is 876. The third-order valence-corrected chi connectivity index (χ3v) is 5.65. The summed E-state index contributed by atoms with van der Waals surface area (Å²) >= 11 is 0. The van der Waals surface area contributed by atoms with E-state index >= 15 is 0 Å². The molecule has 2 unspecified atom stereocenters. The highest BCUT2D eigenvalue weighted by atomic mass is 16.9. The molecule has 1 aromatic carbocycles. The number of fused-ring (bicyclic) bond motifs is 3. The fourth-order valence-corrected chi connectivity index (χ4v) is 4.42. The maximum atomic E-state index is 12.9. The van der Waals surface area contributed by atoms with Gasteiger partial charge in [-0.15, -0.1) is 0 Å². The number of methoxy groups -OCH3 is 1. The maximum Gasteiger partial charge on any atom is 0.453 e. The highest BCUT2D eigenvalue weighted by Gasteiger charge is 2.72. The van der Waals surface area contributed by atoms with Crippen LogP contribution in [0.3, 0.4) is 0 Å². The Hall–Kier alpha value is -1.87. The molecule has 31 heavy (non-hydrogen) atoms. The van der Waals surface area contributed by atoms with Crippen LogP contribution in [0.4, 0.5) is 0 Å². The van der Waals surface area contributed by atoms with Crippen LogP contribution in [0, 0.1) is 5.92 Å². The molecule has 0 saturated carbocycles. The van der Waals surface area contributed by atoms with Crippen LogP contribution >= 0.6 is 0 Å². The summed E-state index contributed by atoms with van der Waals surface area (Å²) in [6.45, 7) is 3.03. The number of ether oxygens (including phenoxy) is 2. The van der Waals surface area contributed by atoms with E-state index in [0.717, 1.165) is 11.0 Å². The minimum atomic E-state index is -3.59. The molecule has 8 N–H and O–H groups in total. The summed E-state index contributed by atoms with van der Waals surface area (Å²) < 4.78 is 9.69. The number of carbonyl (C=O) groups is 1. The predicted octanol–water partition coefficient (Wildman–Crippen LogP) is -2.76. The molecule has 12 heteroatoms. The Morgan fingerprint density at radius 3 is 2.26 bits per heavy atom. The molecule has 0 bridgehead atoms. The number of nitrogens with zero attached hydrogens (tertiary/aromatic N) is 1. The molecule has 0 spiro atoms. The minimum absolute atomic E-state index is 0.0482. The van der Waals surface area contributed by atoms with Gasteiger partial charge in [0, 0.05) is 6.54 Å². The molecular formula is C19H27NO11. The zero-order valence-electron chi connectivity index (χ0n) is 17.2. The fourth-order valence-electron chi connectivity index (χ4n) is 4.42. The van der Waals surface area contributed by atoms with Crippen molar-refractivity contribution in [1.82, 2.24) is 4.90 Å². The molecule has 2 aliphatic rings. The second kappa shape index (κ2) is 7.33. The molecule has 174 valence electrons. The lowest BCUT2D eigenvalue weighted by atomic mass is 9.71. The second-order valence-corrected chi connectivity index (χ2v) is 8.37. The van der Waals surface area contributed by atoms with E-state index in [9.17, 15) is 30.3 Å². The zero-order valence-corrected chi connectivity index (χ0v) is 17.2. The predicted molar refractivity (Wildman–Crippen MR) is 99.9 cm³/mol. The van der Waals surface area contributed by atoms with Crippen LogP contribution in [-0.4, -0.2) is 88.6 Å². The van der Waals surface area contributed by atoms with Crippen molar-refractivity contribution < 1.29 is 55.1 Å². The van der Waals surface area contributed by atoms with Gasteiger partial charge < -0.3 is 50.3 Å². The molecule has 0 aromatic heterocycles. The number of hydrogen-bond acceptors (Lipinski definition) is 12. The van der Waals surface area contributed by atoms with Crippen LogP contribution in [-0.2, 0) is 11.2 Å². The Balaban J connectivity index is 2.19. The highest BCUT2D eigenvalue weighted by molar-refractivity contribution is 5.96. The van der Waals surface area contributed by atoms with Crippen LogP contribution < -0.4 is 9.47 Å². The summed E-state index contributed by atoms with van der Waals surface area (Å²) in [5.41, 5.74) is -2.56. The van der Waals surface area contributed by atoms with Gasteiger partial charge in [0.05, 0.1) is 7.11 Å². The summed E-state index contributed by atoms with van der Waals surface area (Å²) in [4.78, 5) is 13.7. The van der Waals surface area contributed by atoms with Gasteiger partial charge in [-0.1, -0.05) is 13.8 Å². The Morgan fingerprint density at radius 2 is 1.74 bits per heavy atom. The Kier molecular flexibility index (Phi) is 5.63. The minimum Gasteiger partial charge on any atom is -0.493 e. The number of carbonyl (C=O) groups excluding carboxylic acids is 1. The molecular weight excluding hydrogens is 418 g/mol. The standard InChI is InChI=1S/C19H27NO11/c1-9(2)8-16(22)15(21)17(23,24)14-11-7-13(31-19(27,28)29)12(30-3)6-10(11)4-5-20(14)18(16,25)26/h6-7,9,14,22-29H,4-5,8H2,1-3H3. The van der Waals surface area contributed by atoms with Gasteiger partial charge in [0.1, 0.15) is 6.04 Å². The Morgan fingerprint density at radius 1 is 1.13 bits per heavy atom. The van der Waals surface area contributed by atoms with Gasteiger partial charge in [0.2, 0.25) is 11.6 Å². The van der Waals surface area contributed by atoms with Gasteiger partial charge in [-0.25, -0.2) is 4.90 Å². The van der Waals surface area contributed by atoms with Crippen molar-refractivity contribution in [3.63, 3.8) is 0 Å². The average molecular weight is 445 g/mol. The largest absolute Gasteiger partial charge is 0.493 e. The maximum absolute atomic E-state index is 12.9. The number of piperidine rings is 1. The third kappa shape index (κ3) is 3.69. The van der Waals surface area contributed by atoms with Crippen LogP contribution in [0.25, 0.3) is 0 Å². The molecule has 0 aliphatic carbocycles. The van der Waals surface area contributed by atoms with Crippen LogP contribution in [0.1, 0.15) is 37.4 Å². The van der Waals surface area contributed by atoms with Gasteiger partial charge in [-0.3, -0.25) is 4.79 Å². The number of benzene rings is 1. The summed E-state index contributed by atoms with van der Waals surface area (Å²) in [6.07, 6.45) is -3.95. The van der Waals surface area contributed by atoms with Crippen LogP contribution in [0.5, 0.6) is 11.5 Å². The summed E-state index contributed by atoms with van der Waals surface area (Å²) in [5, 5.41) is 81.6. The monoisotopic (exact) mass is 445 g/mol. The van der Waals surface area contributed by atoms with Crippen molar-refractivity contribution in [1.29, 1.82) is 0 Å². The van der Waals surface area contributed by atoms with Crippen LogP contribution in [0.2, 0.25) is 0 Å². The quantitative estimate of drug-likeness (QED) is 0.217. The molecule has 2 aliphatic heterocycles. The van der Waals surface area contributed by atoms with Crippen molar-refractivity contribution in [3.8, 4) is 11.5 Å². The summed E-state index contributed by atoms with van der Waals surface area (Å²) in [5.74, 6) is -8.91. The smallest absolute Gasteiger partial charge is 0.453 e. The first-order valence-electron chi connectivity index (χ1n) is 9.56. The van der Waals surface area contributed by atoms with Crippen molar-refractivity contribution >= 4 is 5.78 Å². The third-order valence-electron chi connectivity index (χ3n) is 5.65. The molecule has 12 nitrogen and oxygen atoms in total. The van der Waals surface area contributed by atoms with Crippen molar-refractivity contribution in [2.45, 2.75) is 56.2 Å². The number of rotatable bonds is 5. The molecule has 1 fully saturated rings. The average Bonchev–Trinajstić information content (AvgIpc) is 2.62. The van der Waals surface area contributed by atoms with Crippen molar-refractivity contribution in [3.05, 3.63) is 23.3 Å². The van der Waals surface area contributed by atoms with E-state index in [4.69, 9.17) is 20.1 Å². The van der Waals surface area contributed by atoms with Crippen LogP contribution in [0.15, 0.2) is 12.1 Å². The van der Waals surface area contributed by atoms with E-state index in [0.29, 0.717) is 5.56 Å². The molecule has 2 atom stereocenters. The number of aliphatic hydroxyl groups is 8. The lowest BCUT2D eigenvalue weighted by molar-refractivity contribution is -0.419. The van der Waals surface area contributed by atoms with Crippen molar-refractivity contribution in [2.24, 2.45) is 5.92 Å². The molecule has 0 radical (unpaired) electrons. The van der Waals surface area contributed by atoms with E-state index in [1.165, 1.54) is 13.2 Å². The first kappa shape index (κ1) is 23.8. The van der Waals surface area contributed by atoms with Gasteiger partial charge in [0.25, 0.3) is 5.91 Å². The summed E-state index contributed by atoms with van der Waals surface area (Å²) in [7, 11) is 1.24. The van der Waals surface area contributed by atoms with E-state index in [1.807, 2.05) is 0 Å². The molecule has 0 amide bonds.